The Morgan fingerprint density at radius 1 is 1.20 bits per heavy atom. The van der Waals surface area contributed by atoms with E-state index in [-0.39, 0.29) is 16.4 Å². The summed E-state index contributed by atoms with van der Waals surface area (Å²) in [5, 5.41) is 0. The van der Waals surface area contributed by atoms with Gasteiger partial charge in [0, 0.05) is 0 Å². The van der Waals surface area contributed by atoms with E-state index < -0.39 is 0 Å². The molecule has 0 atom stereocenters. The maximum Gasteiger partial charge on any atom is -0.0149 e. The Balaban J connectivity index is -0.0000000200. The number of hydrogen-bond acceptors (Lipinski definition) is 0. The molecule has 0 radical (unpaired) electrons. The monoisotopic (exact) mass is 94.1 g/mol. The fourth-order valence-corrected chi connectivity index (χ4v) is 0. The molecule has 0 aromatic heterocycles. The van der Waals surface area contributed by atoms with Gasteiger partial charge in [0.05, 0.1) is 0 Å². The van der Waals surface area contributed by atoms with Crippen LogP contribution in [0.15, 0.2) is 0 Å². The van der Waals surface area contributed by atoms with E-state index in [4.69, 9.17) is 0 Å². The van der Waals surface area contributed by atoms with Crippen molar-refractivity contribution in [3.8, 4) is 0 Å². The van der Waals surface area contributed by atoms with Crippen LogP contribution < -0.4 is 0 Å². The molecule has 0 unspecified atom stereocenters. The van der Waals surface area contributed by atoms with Crippen LogP contribution in [0.25, 0.3) is 0 Å². The van der Waals surface area contributed by atoms with Gasteiger partial charge >= 0.3 is 0 Å². The van der Waals surface area contributed by atoms with E-state index in [9.17, 15) is 0 Å². The quantitative estimate of drug-likeness (QED) is 0.350. The van der Waals surface area contributed by atoms with Gasteiger partial charge in [0.25, 0.3) is 0 Å². The van der Waals surface area contributed by atoms with Crippen LogP contribution in [0.3, 0.4) is 0 Å². The first-order chi connectivity index (χ1) is 1.41. The summed E-state index contributed by atoms with van der Waals surface area (Å²) in [7, 11) is 0. The second-order valence-corrected chi connectivity index (χ2v) is 0.707. The molecule has 0 heterocycles. The van der Waals surface area contributed by atoms with Gasteiger partial charge in [-0.1, -0.05) is 20.3 Å². The van der Waals surface area contributed by atoms with Crippen LogP contribution in [0.1, 0.15) is 20.3 Å². The average molecular weight is 94.2 g/mol. The van der Waals surface area contributed by atoms with Crippen LogP contribution in [0, 0.1) is 0 Å². The number of hydrogen-bond donors (Lipinski definition) is 0. The Morgan fingerprint density at radius 3 is 1.20 bits per heavy atom. The number of rotatable bonds is 0. The van der Waals surface area contributed by atoms with Crippen LogP contribution in [0.2, 0.25) is 0 Å². The molecule has 0 aromatic rings. The van der Waals surface area contributed by atoms with E-state index >= 15 is 0 Å². The second-order valence-electron chi connectivity index (χ2n) is 0.707. The normalized spacial score (nSPS) is 3.60. The molecule has 0 rings (SSSR count). The van der Waals surface area contributed by atoms with Crippen molar-refractivity contribution < 1.29 is 5.48 Å². The maximum atomic E-state index is 2.12. The van der Waals surface area contributed by atoms with E-state index in [1.54, 1.807) is 0 Å². The first-order valence-corrected chi connectivity index (χ1v) is 1.41. The van der Waals surface area contributed by atoms with Crippen molar-refractivity contribution in [1.82, 2.24) is 0 Å². The highest BCUT2D eigenvalue weighted by Crippen LogP contribution is 1.56. The minimum atomic E-state index is 0. The summed E-state index contributed by atoms with van der Waals surface area (Å²) < 4.78 is 0. The summed E-state index contributed by atoms with van der Waals surface area (Å²) in [6, 6.07) is 0. The van der Waals surface area contributed by atoms with Gasteiger partial charge in [0.1, 0.15) is 0 Å². The molecule has 36 valence electrons. The zero-order valence-electron chi connectivity index (χ0n) is 3.21. The lowest BCUT2D eigenvalue weighted by Gasteiger charge is -1.48. The summed E-state index contributed by atoms with van der Waals surface area (Å²) in [5.74, 6) is 0. The van der Waals surface area contributed by atoms with Crippen molar-refractivity contribution in [2.75, 3.05) is 0 Å². The molecule has 0 aromatic carbocycles. The summed E-state index contributed by atoms with van der Waals surface area (Å²) in [6.45, 7) is 4.25. The van der Waals surface area contributed by atoms with Crippen molar-refractivity contribution in [2.24, 2.45) is 0 Å². The zero-order chi connectivity index (χ0) is 2.71. The van der Waals surface area contributed by atoms with E-state index in [1.165, 1.54) is 6.42 Å². The highest BCUT2D eigenvalue weighted by atomic mass is 28.1. The maximum absolute atomic E-state index is 2.12. The van der Waals surface area contributed by atoms with Crippen LogP contribution in [0.4, 0.5) is 0 Å². The molecule has 0 fully saturated rings. The molecule has 0 aliphatic carbocycles. The lowest BCUT2D eigenvalue weighted by atomic mass is 10.6. The minimum absolute atomic E-state index is 0. The Labute approximate surface area is 37.7 Å². The fraction of sp³-hybridized carbons (Fsp3) is 1.00. The van der Waals surface area contributed by atoms with Gasteiger partial charge in [-0.25, -0.2) is 0 Å². The Hall–Kier alpha value is 0.177. The van der Waals surface area contributed by atoms with Crippen molar-refractivity contribution in [3.63, 3.8) is 0 Å². The van der Waals surface area contributed by atoms with Gasteiger partial charge < -0.3 is 5.48 Å². The van der Waals surface area contributed by atoms with Crippen LogP contribution in [-0.2, 0) is 0 Å². The SMILES string of the molecule is CCC.O.[SiH4]. The molecule has 2 N–H and O–H groups in total. The van der Waals surface area contributed by atoms with E-state index in [0.717, 1.165) is 0 Å². The largest absolute Gasteiger partial charge is 0.412 e. The summed E-state index contributed by atoms with van der Waals surface area (Å²) in [4.78, 5) is 0. The molecule has 0 saturated heterocycles. The zero-order valence-corrected chi connectivity index (χ0v) is 3.21. The standard InChI is InChI=1S/C3H8.H2O.H4Si/c1-3-2;;/h3H2,1-2H3;1H2;1H4. The molecule has 0 saturated carbocycles. The minimum Gasteiger partial charge on any atom is -0.412 e. The van der Waals surface area contributed by atoms with Gasteiger partial charge in [-0.15, -0.1) is 0 Å². The van der Waals surface area contributed by atoms with Gasteiger partial charge in [-0.3, -0.25) is 0 Å². The molecular weight excluding hydrogens is 80.1 g/mol. The third-order valence-electron chi connectivity index (χ3n) is 0. The van der Waals surface area contributed by atoms with Crippen molar-refractivity contribution >= 4 is 11.0 Å². The van der Waals surface area contributed by atoms with Crippen LogP contribution in [-0.4, -0.2) is 16.4 Å². The van der Waals surface area contributed by atoms with Crippen molar-refractivity contribution in [2.45, 2.75) is 20.3 Å². The molecule has 2 heteroatoms. The van der Waals surface area contributed by atoms with Gasteiger partial charge in [-0.2, -0.15) is 0 Å². The highest BCUT2D eigenvalue weighted by molar-refractivity contribution is 5.75. The average Bonchev–Trinajstić information content (AvgIpc) is 0.918. The second kappa shape index (κ2) is 30.4. The predicted octanol–water partition coefficient (Wildman–Crippen LogP) is -0.860. The summed E-state index contributed by atoms with van der Waals surface area (Å²) in [6.07, 6.45) is 1.25. The molecule has 1 nitrogen and oxygen atoms in total. The lowest BCUT2D eigenvalue weighted by Crippen LogP contribution is -1.27. The summed E-state index contributed by atoms with van der Waals surface area (Å²) >= 11 is 0. The smallest absolute Gasteiger partial charge is 0.0149 e. The summed E-state index contributed by atoms with van der Waals surface area (Å²) in [5.41, 5.74) is 0. The molecule has 0 amide bonds. The Bertz CT molecular complexity index is 6.85. The molecular formula is C3H14OSi. The predicted molar refractivity (Wildman–Crippen MR) is 30.9 cm³/mol. The highest BCUT2D eigenvalue weighted by Gasteiger charge is 1.35. The van der Waals surface area contributed by atoms with Gasteiger partial charge in [0.15, 0.2) is 0 Å². The van der Waals surface area contributed by atoms with Crippen molar-refractivity contribution in [1.29, 1.82) is 0 Å². The molecule has 5 heavy (non-hydrogen) atoms. The Morgan fingerprint density at radius 2 is 1.20 bits per heavy atom. The van der Waals surface area contributed by atoms with E-state index in [1.807, 2.05) is 0 Å². The third kappa shape index (κ3) is 633. The topological polar surface area (TPSA) is 31.5 Å². The van der Waals surface area contributed by atoms with Gasteiger partial charge in [0.2, 0.25) is 0 Å². The fourth-order valence-electron chi connectivity index (χ4n) is 0. The van der Waals surface area contributed by atoms with E-state index in [2.05, 4.69) is 13.8 Å². The van der Waals surface area contributed by atoms with E-state index in [0.29, 0.717) is 0 Å². The Kier molecular flexibility index (Phi) is 116. The molecule has 0 spiro atoms. The van der Waals surface area contributed by atoms with Crippen LogP contribution in [0.5, 0.6) is 0 Å². The lowest BCUT2D eigenvalue weighted by molar-refractivity contribution is 0.824. The first-order valence-electron chi connectivity index (χ1n) is 1.41. The van der Waals surface area contributed by atoms with Crippen molar-refractivity contribution in [3.05, 3.63) is 0 Å². The first kappa shape index (κ1) is 19.1. The molecule has 0 aliphatic rings. The van der Waals surface area contributed by atoms with Gasteiger partial charge in [-0.05, 0) is 11.0 Å². The molecule has 0 aliphatic heterocycles. The molecule has 0 bridgehead atoms. The third-order valence-corrected chi connectivity index (χ3v) is 0. The van der Waals surface area contributed by atoms with Crippen LogP contribution >= 0.6 is 0 Å².